The molecular weight excluding hydrogens is 446 g/mol. The maximum atomic E-state index is 13.1. The predicted molar refractivity (Wildman–Crippen MR) is 126 cm³/mol. The average molecular weight is 474 g/mol. The van der Waals surface area contributed by atoms with Gasteiger partial charge in [-0.3, -0.25) is 9.59 Å². The van der Waals surface area contributed by atoms with Crippen LogP contribution in [-0.4, -0.2) is 55.2 Å². The van der Waals surface area contributed by atoms with Crippen LogP contribution < -0.4 is 9.47 Å². The summed E-state index contributed by atoms with van der Waals surface area (Å²) < 4.78 is 16.3. The van der Waals surface area contributed by atoms with E-state index in [1.54, 1.807) is 42.5 Å². The SMILES string of the molecule is COc1ccc([C@@H]2C(=C(O)c3ccc(Cl)cc3)C(=O)C(=O)N2CCCOC(C)C)cc1OC. The van der Waals surface area contributed by atoms with Crippen molar-refractivity contribution in [2.24, 2.45) is 0 Å². The van der Waals surface area contributed by atoms with Crippen LogP contribution in [0.4, 0.5) is 0 Å². The highest BCUT2D eigenvalue weighted by molar-refractivity contribution is 6.46. The third-order valence-electron chi connectivity index (χ3n) is 5.38. The lowest BCUT2D eigenvalue weighted by atomic mass is 9.95. The Kier molecular flexibility index (Phi) is 8.00. The van der Waals surface area contributed by atoms with E-state index in [2.05, 4.69) is 0 Å². The number of carbonyl (C=O) groups excluding carboxylic acids is 2. The minimum atomic E-state index is -0.792. The Morgan fingerprint density at radius 2 is 1.73 bits per heavy atom. The van der Waals surface area contributed by atoms with E-state index in [1.165, 1.54) is 19.1 Å². The standard InChI is InChI=1S/C25H28ClNO6/c1-15(2)33-13-5-12-27-22(17-8-11-19(31-3)20(14-17)32-4)21(24(29)25(27)30)23(28)16-6-9-18(26)10-7-16/h6-11,14-15,22,28H,5,12-13H2,1-4H3/t22-/m1/s1. The van der Waals surface area contributed by atoms with Gasteiger partial charge in [-0.15, -0.1) is 0 Å². The summed E-state index contributed by atoms with van der Waals surface area (Å²) in [5, 5.41) is 11.6. The smallest absolute Gasteiger partial charge is 0.295 e. The number of amides is 1. The molecule has 0 unspecified atom stereocenters. The second kappa shape index (κ2) is 10.7. The van der Waals surface area contributed by atoms with E-state index < -0.39 is 17.7 Å². The lowest BCUT2D eigenvalue weighted by Gasteiger charge is -2.26. The quantitative estimate of drug-likeness (QED) is 0.248. The molecule has 176 valence electrons. The molecule has 7 nitrogen and oxygen atoms in total. The molecular formula is C25H28ClNO6. The molecule has 0 aliphatic carbocycles. The molecule has 33 heavy (non-hydrogen) atoms. The highest BCUT2D eigenvalue weighted by Crippen LogP contribution is 2.42. The normalized spacial score (nSPS) is 17.6. The van der Waals surface area contributed by atoms with Crippen LogP contribution in [0.3, 0.4) is 0 Å². The van der Waals surface area contributed by atoms with Crippen LogP contribution in [0.5, 0.6) is 11.5 Å². The van der Waals surface area contributed by atoms with E-state index in [1.807, 2.05) is 13.8 Å². The van der Waals surface area contributed by atoms with Crippen molar-refractivity contribution < 1.29 is 28.9 Å². The number of aliphatic hydroxyl groups excluding tert-OH is 1. The molecule has 1 aliphatic heterocycles. The summed E-state index contributed by atoms with van der Waals surface area (Å²) >= 11 is 5.97. The van der Waals surface area contributed by atoms with Gasteiger partial charge in [-0.1, -0.05) is 17.7 Å². The molecule has 1 atom stereocenters. The number of nitrogens with zero attached hydrogens (tertiary/aromatic N) is 1. The average Bonchev–Trinajstić information content (AvgIpc) is 3.06. The van der Waals surface area contributed by atoms with Crippen molar-refractivity contribution >= 4 is 29.1 Å². The highest BCUT2D eigenvalue weighted by atomic mass is 35.5. The molecule has 0 bridgehead atoms. The summed E-state index contributed by atoms with van der Waals surface area (Å²) in [5.41, 5.74) is 1.03. The first-order valence-corrected chi connectivity index (χ1v) is 11.0. The van der Waals surface area contributed by atoms with E-state index in [9.17, 15) is 14.7 Å². The number of halogens is 1. The number of carbonyl (C=O) groups is 2. The fourth-order valence-corrected chi connectivity index (χ4v) is 3.92. The molecule has 1 amide bonds. The summed E-state index contributed by atoms with van der Waals surface area (Å²) in [4.78, 5) is 27.6. The zero-order valence-electron chi connectivity index (χ0n) is 19.1. The number of aliphatic hydroxyl groups is 1. The summed E-state index contributed by atoms with van der Waals surface area (Å²) in [7, 11) is 3.04. The van der Waals surface area contributed by atoms with Crippen LogP contribution in [0.1, 0.15) is 37.4 Å². The highest BCUT2D eigenvalue weighted by Gasteiger charge is 2.46. The van der Waals surface area contributed by atoms with Crippen molar-refractivity contribution in [1.82, 2.24) is 4.90 Å². The molecule has 1 fully saturated rings. The van der Waals surface area contributed by atoms with Gasteiger partial charge in [0.2, 0.25) is 0 Å². The summed E-state index contributed by atoms with van der Waals surface area (Å²) in [6, 6.07) is 10.8. The van der Waals surface area contributed by atoms with Crippen molar-refractivity contribution in [1.29, 1.82) is 0 Å². The second-order valence-corrected chi connectivity index (χ2v) is 8.32. The first-order valence-electron chi connectivity index (χ1n) is 10.7. The van der Waals surface area contributed by atoms with Crippen molar-refractivity contribution in [2.75, 3.05) is 27.4 Å². The number of likely N-dealkylation sites (tertiary alicyclic amines) is 1. The number of hydrogen-bond acceptors (Lipinski definition) is 6. The maximum absolute atomic E-state index is 13.1. The fourth-order valence-electron chi connectivity index (χ4n) is 3.80. The van der Waals surface area contributed by atoms with Crippen molar-refractivity contribution in [2.45, 2.75) is 32.4 Å². The van der Waals surface area contributed by atoms with Crippen molar-refractivity contribution in [3.05, 3.63) is 64.2 Å². The Morgan fingerprint density at radius 3 is 2.33 bits per heavy atom. The van der Waals surface area contributed by atoms with Gasteiger partial charge in [0.1, 0.15) is 5.76 Å². The molecule has 0 spiro atoms. The summed E-state index contributed by atoms with van der Waals surface area (Å²) in [6.45, 7) is 4.59. The van der Waals surface area contributed by atoms with E-state index in [0.717, 1.165) is 0 Å². The van der Waals surface area contributed by atoms with Crippen molar-refractivity contribution in [3.8, 4) is 11.5 Å². The van der Waals surface area contributed by atoms with Gasteiger partial charge in [0.05, 0.1) is 31.9 Å². The van der Waals surface area contributed by atoms with Gasteiger partial charge in [0, 0.05) is 23.7 Å². The van der Waals surface area contributed by atoms with Gasteiger partial charge in [-0.25, -0.2) is 0 Å². The lowest BCUT2D eigenvalue weighted by molar-refractivity contribution is -0.140. The topological polar surface area (TPSA) is 85.3 Å². The van der Waals surface area contributed by atoms with Crippen LogP contribution >= 0.6 is 11.6 Å². The molecule has 0 aromatic heterocycles. The molecule has 0 radical (unpaired) electrons. The second-order valence-electron chi connectivity index (χ2n) is 7.89. The van der Waals surface area contributed by atoms with Crippen LogP contribution in [0.15, 0.2) is 48.0 Å². The zero-order chi connectivity index (χ0) is 24.1. The molecule has 1 heterocycles. The minimum Gasteiger partial charge on any atom is -0.507 e. The predicted octanol–water partition coefficient (Wildman–Crippen LogP) is 4.59. The third-order valence-corrected chi connectivity index (χ3v) is 5.63. The van der Waals surface area contributed by atoms with E-state index in [-0.39, 0.29) is 24.0 Å². The molecule has 8 heteroatoms. The molecule has 2 aromatic rings. The Bertz CT molecular complexity index is 1050. The number of ether oxygens (including phenoxy) is 3. The Labute approximate surface area is 198 Å². The number of methoxy groups -OCH3 is 2. The molecule has 0 saturated carbocycles. The Balaban J connectivity index is 2.08. The number of Topliss-reactive ketones (excluding diaryl/α,β-unsaturated/α-hetero) is 1. The van der Waals surface area contributed by atoms with Crippen LogP contribution in [0.25, 0.3) is 5.76 Å². The third kappa shape index (κ3) is 5.31. The molecule has 1 aliphatic rings. The van der Waals surface area contributed by atoms with E-state index in [4.69, 9.17) is 25.8 Å². The summed E-state index contributed by atoms with van der Waals surface area (Å²) in [6.07, 6.45) is 0.600. The van der Waals surface area contributed by atoms with Gasteiger partial charge in [0.25, 0.3) is 11.7 Å². The summed E-state index contributed by atoms with van der Waals surface area (Å²) in [5.74, 6) is -0.705. The first kappa shape index (κ1) is 24.6. The zero-order valence-corrected chi connectivity index (χ0v) is 19.9. The van der Waals surface area contributed by atoms with Crippen LogP contribution in [0, 0.1) is 0 Å². The lowest BCUT2D eigenvalue weighted by Crippen LogP contribution is -2.31. The number of benzene rings is 2. The van der Waals surface area contributed by atoms with Crippen molar-refractivity contribution in [3.63, 3.8) is 0 Å². The number of ketones is 1. The van der Waals surface area contributed by atoms with Crippen LogP contribution in [0.2, 0.25) is 5.02 Å². The van der Waals surface area contributed by atoms with E-state index in [0.29, 0.717) is 40.7 Å². The molecule has 3 rings (SSSR count). The molecule has 1 saturated heterocycles. The van der Waals surface area contributed by atoms with Gasteiger partial charge < -0.3 is 24.2 Å². The Hall–Kier alpha value is -3.03. The van der Waals surface area contributed by atoms with E-state index >= 15 is 0 Å². The monoisotopic (exact) mass is 473 g/mol. The van der Waals surface area contributed by atoms with Gasteiger partial charge in [0.15, 0.2) is 11.5 Å². The van der Waals surface area contributed by atoms with Gasteiger partial charge >= 0.3 is 0 Å². The van der Waals surface area contributed by atoms with Gasteiger partial charge in [-0.2, -0.15) is 0 Å². The minimum absolute atomic E-state index is 0.0133. The van der Waals surface area contributed by atoms with Gasteiger partial charge in [-0.05, 0) is 62.2 Å². The number of hydrogen-bond donors (Lipinski definition) is 1. The molecule has 2 aromatic carbocycles. The Morgan fingerprint density at radius 1 is 1.06 bits per heavy atom. The molecule has 1 N–H and O–H groups in total. The first-order chi connectivity index (χ1) is 15.8. The van der Waals surface area contributed by atoms with Crippen LogP contribution in [-0.2, 0) is 14.3 Å². The maximum Gasteiger partial charge on any atom is 0.295 e. The fraction of sp³-hybridized carbons (Fsp3) is 0.360. The largest absolute Gasteiger partial charge is 0.507 e. The number of rotatable bonds is 9.